The van der Waals surface area contributed by atoms with Crippen LogP contribution < -0.4 is 5.43 Å². The molecule has 4 rings (SSSR count). The third-order valence-electron chi connectivity index (χ3n) is 4.95. The lowest BCUT2D eigenvalue weighted by Crippen LogP contribution is -2.33. The van der Waals surface area contributed by atoms with Gasteiger partial charge in [-0.3, -0.25) is 9.69 Å². The highest BCUT2D eigenvalue weighted by molar-refractivity contribution is 5.76. The molecule has 0 amide bonds. The molecule has 140 valence electrons. The average molecular weight is 367 g/mol. The van der Waals surface area contributed by atoms with Gasteiger partial charge in [0.15, 0.2) is 5.43 Å². The van der Waals surface area contributed by atoms with E-state index in [1.54, 1.807) is 30.5 Å². The summed E-state index contributed by atoms with van der Waals surface area (Å²) in [5.74, 6) is -0.250. The van der Waals surface area contributed by atoms with Gasteiger partial charge in [-0.15, -0.1) is 0 Å². The lowest BCUT2D eigenvalue weighted by atomic mass is 10.1. The summed E-state index contributed by atoms with van der Waals surface area (Å²) in [6, 6.07) is 13.8. The first-order valence-corrected chi connectivity index (χ1v) is 9.27. The summed E-state index contributed by atoms with van der Waals surface area (Å²) in [7, 11) is 0. The molecule has 1 saturated heterocycles. The highest BCUT2D eigenvalue weighted by Crippen LogP contribution is 2.18. The largest absolute Gasteiger partial charge is 0.464 e. The number of hydrogen-bond acceptors (Lipinski definition) is 4. The fourth-order valence-electron chi connectivity index (χ4n) is 3.58. The second kappa shape index (κ2) is 8.03. The molecule has 1 atom stereocenters. The van der Waals surface area contributed by atoms with Crippen molar-refractivity contribution in [3.05, 3.63) is 82.0 Å². The van der Waals surface area contributed by atoms with Crippen molar-refractivity contribution in [2.75, 3.05) is 13.2 Å². The van der Waals surface area contributed by atoms with E-state index in [1.807, 2.05) is 12.1 Å². The molecule has 27 heavy (non-hydrogen) atoms. The van der Waals surface area contributed by atoms with Crippen LogP contribution in [-0.2, 0) is 17.8 Å². The normalized spacial score (nSPS) is 17.0. The number of fused-ring (bicyclic) bond motifs is 1. The van der Waals surface area contributed by atoms with E-state index in [1.165, 1.54) is 12.1 Å². The van der Waals surface area contributed by atoms with Crippen LogP contribution in [0.1, 0.15) is 24.0 Å². The van der Waals surface area contributed by atoms with Gasteiger partial charge in [-0.05, 0) is 42.7 Å². The maximum atomic E-state index is 13.2. The second-order valence-electron chi connectivity index (χ2n) is 7.02. The van der Waals surface area contributed by atoms with Gasteiger partial charge in [0, 0.05) is 31.8 Å². The summed E-state index contributed by atoms with van der Waals surface area (Å²) in [4.78, 5) is 15.0. The lowest BCUT2D eigenvalue weighted by molar-refractivity contribution is 0.0676. The van der Waals surface area contributed by atoms with Crippen LogP contribution in [0, 0.1) is 5.82 Å². The minimum absolute atomic E-state index is 0.00621. The standard InChI is InChI=1S/C22H22FNO3/c23-18-9-7-16(8-10-18)12-24(14-19-4-3-11-26-19)13-17-15-27-21-6-2-1-5-20(21)22(17)25/h1-2,5-10,15,19H,3-4,11-14H2. The number of para-hydroxylation sites is 1. The van der Waals surface area contributed by atoms with Crippen molar-refractivity contribution in [2.24, 2.45) is 0 Å². The third-order valence-corrected chi connectivity index (χ3v) is 4.95. The first-order valence-electron chi connectivity index (χ1n) is 9.27. The summed E-state index contributed by atoms with van der Waals surface area (Å²) >= 11 is 0. The van der Waals surface area contributed by atoms with Crippen LogP contribution in [0.4, 0.5) is 4.39 Å². The Bertz CT molecular complexity index is 961. The van der Waals surface area contributed by atoms with Crippen LogP contribution in [0.5, 0.6) is 0 Å². The number of halogens is 1. The first-order chi connectivity index (χ1) is 13.2. The summed E-state index contributed by atoms with van der Waals surface area (Å²) in [6.45, 7) is 2.59. The van der Waals surface area contributed by atoms with Crippen molar-refractivity contribution in [1.29, 1.82) is 0 Å². The number of nitrogens with zero attached hydrogens (tertiary/aromatic N) is 1. The molecule has 1 aliphatic heterocycles. The van der Waals surface area contributed by atoms with E-state index < -0.39 is 0 Å². The lowest BCUT2D eigenvalue weighted by Gasteiger charge is -2.25. The predicted molar refractivity (Wildman–Crippen MR) is 102 cm³/mol. The molecule has 0 spiro atoms. The average Bonchev–Trinajstić information content (AvgIpc) is 3.19. The van der Waals surface area contributed by atoms with Gasteiger partial charge in [-0.25, -0.2) is 4.39 Å². The van der Waals surface area contributed by atoms with Crippen molar-refractivity contribution < 1.29 is 13.5 Å². The van der Waals surface area contributed by atoms with Crippen molar-refractivity contribution in [2.45, 2.75) is 32.0 Å². The topological polar surface area (TPSA) is 42.7 Å². The molecular weight excluding hydrogens is 345 g/mol. The van der Waals surface area contributed by atoms with E-state index >= 15 is 0 Å². The summed E-state index contributed by atoms with van der Waals surface area (Å²) in [6.07, 6.45) is 3.80. The Hall–Kier alpha value is -2.50. The molecule has 1 aliphatic rings. The van der Waals surface area contributed by atoms with E-state index in [0.717, 1.165) is 31.6 Å². The van der Waals surface area contributed by atoms with E-state index in [2.05, 4.69) is 4.90 Å². The highest BCUT2D eigenvalue weighted by atomic mass is 19.1. The van der Waals surface area contributed by atoms with Crippen LogP contribution in [0.15, 0.2) is 64.0 Å². The van der Waals surface area contributed by atoms with E-state index in [0.29, 0.717) is 29.6 Å². The second-order valence-corrected chi connectivity index (χ2v) is 7.02. The van der Waals surface area contributed by atoms with Gasteiger partial charge < -0.3 is 9.15 Å². The highest BCUT2D eigenvalue weighted by Gasteiger charge is 2.21. The third kappa shape index (κ3) is 4.26. The molecule has 3 aromatic rings. The molecule has 5 heteroatoms. The molecule has 1 aromatic heterocycles. The molecule has 1 unspecified atom stereocenters. The van der Waals surface area contributed by atoms with Gasteiger partial charge in [0.2, 0.25) is 0 Å². The van der Waals surface area contributed by atoms with Gasteiger partial charge in [0.05, 0.1) is 17.8 Å². The molecule has 2 aromatic carbocycles. The van der Waals surface area contributed by atoms with Crippen LogP contribution >= 0.6 is 0 Å². The fraction of sp³-hybridized carbons (Fsp3) is 0.318. The Labute approximate surface area is 157 Å². The van der Waals surface area contributed by atoms with Gasteiger partial charge in [-0.1, -0.05) is 24.3 Å². The van der Waals surface area contributed by atoms with E-state index in [-0.39, 0.29) is 17.3 Å². The fourth-order valence-corrected chi connectivity index (χ4v) is 3.58. The minimum atomic E-state index is -0.250. The molecule has 0 aliphatic carbocycles. The molecule has 0 radical (unpaired) electrons. The zero-order valence-electron chi connectivity index (χ0n) is 15.1. The molecule has 0 N–H and O–H groups in total. The van der Waals surface area contributed by atoms with Gasteiger partial charge in [0.25, 0.3) is 0 Å². The minimum Gasteiger partial charge on any atom is -0.464 e. The quantitative estimate of drug-likeness (QED) is 0.657. The Kier molecular flexibility index (Phi) is 5.32. The first kappa shape index (κ1) is 17.9. The Morgan fingerprint density at radius 1 is 1.07 bits per heavy atom. The van der Waals surface area contributed by atoms with Crippen LogP contribution in [0.3, 0.4) is 0 Å². The monoisotopic (exact) mass is 367 g/mol. The zero-order chi connectivity index (χ0) is 18.6. The molecule has 4 nitrogen and oxygen atoms in total. The van der Waals surface area contributed by atoms with Gasteiger partial charge >= 0.3 is 0 Å². The molecule has 0 saturated carbocycles. The molecular formula is C22H22FNO3. The number of ether oxygens (including phenoxy) is 1. The van der Waals surface area contributed by atoms with Crippen molar-refractivity contribution in [1.82, 2.24) is 4.90 Å². The van der Waals surface area contributed by atoms with Crippen LogP contribution in [-0.4, -0.2) is 24.2 Å². The Morgan fingerprint density at radius 3 is 2.67 bits per heavy atom. The SMILES string of the molecule is O=c1c(CN(Cc2ccc(F)cc2)CC2CCCO2)coc2ccccc12. The number of hydrogen-bond donors (Lipinski definition) is 0. The summed E-state index contributed by atoms with van der Waals surface area (Å²) < 4.78 is 24.6. The van der Waals surface area contributed by atoms with Crippen molar-refractivity contribution >= 4 is 11.0 Å². The smallest absolute Gasteiger partial charge is 0.197 e. The molecule has 2 heterocycles. The maximum Gasteiger partial charge on any atom is 0.197 e. The van der Waals surface area contributed by atoms with E-state index in [9.17, 15) is 9.18 Å². The number of benzene rings is 2. The number of rotatable bonds is 6. The predicted octanol–water partition coefficient (Wildman–Crippen LogP) is 4.11. The van der Waals surface area contributed by atoms with Crippen LogP contribution in [0.2, 0.25) is 0 Å². The molecule has 1 fully saturated rings. The van der Waals surface area contributed by atoms with Gasteiger partial charge in [0.1, 0.15) is 11.4 Å². The Morgan fingerprint density at radius 2 is 1.89 bits per heavy atom. The maximum absolute atomic E-state index is 13.2. The van der Waals surface area contributed by atoms with Crippen LogP contribution in [0.25, 0.3) is 11.0 Å². The summed E-state index contributed by atoms with van der Waals surface area (Å²) in [5.41, 5.74) is 2.21. The van der Waals surface area contributed by atoms with Crippen molar-refractivity contribution in [3.8, 4) is 0 Å². The van der Waals surface area contributed by atoms with Gasteiger partial charge in [-0.2, -0.15) is 0 Å². The summed E-state index contributed by atoms with van der Waals surface area (Å²) in [5, 5.41) is 0.592. The Balaban J connectivity index is 1.58. The van der Waals surface area contributed by atoms with Crippen molar-refractivity contribution in [3.63, 3.8) is 0 Å². The zero-order valence-corrected chi connectivity index (χ0v) is 15.1. The molecule has 0 bridgehead atoms. The van der Waals surface area contributed by atoms with E-state index in [4.69, 9.17) is 9.15 Å².